The lowest BCUT2D eigenvalue weighted by Gasteiger charge is -2.23. The van der Waals surface area contributed by atoms with Crippen LogP contribution in [0.1, 0.15) is 5.56 Å². The van der Waals surface area contributed by atoms with Crippen molar-refractivity contribution in [1.82, 2.24) is 0 Å². The Morgan fingerprint density at radius 2 is 1.85 bits per heavy atom. The molecule has 0 heterocycles. The van der Waals surface area contributed by atoms with Crippen LogP contribution in [-0.4, -0.2) is 38.9 Å². The van der Waals surface area contributed by atoms with E-state index in [0.717, 1.165) is 0 Å². The number of aliphatic hydroxyl groups excluding tert-OH is 1. The molecule has 114 valence electrons. The van der Waals surface area contributed by atoms with Crippen molar-refractivity contribution < 1.29 is 36.0 Å². The third-order valence-electron chi connectivity index (χ3n) is 2.29. The van der Waals surface area contributed by atoms with Gasteiger partial charge in [0.15, 0.2) is 6.10 Å². The van der Waals surface area contributed by atoms with Crippen molar-refractivity contribution in [2.45, 2.75) is 25.0 Å². The Labute approximate surface area is 115 Å². The first kappa shape index (κ1) is 17.1. The number of aliphatic hydroxyl groups is 1. The maximum Gasteiger partial charge on any atom is 0.417 e. The van der Waals surface area contributed by atoms with Gasteiger partial charge in [-0.15, -0.1) is 0 Å². The van der Waals surface area contributed by atoms with Gasteiger partial charge in [-0.1, -0.05) is 30.3 Å². The highest BCUT2D eigenvalue weighted by molar-refractivity contribution is 7.74. The van der Waals surface area contributed by atoms with Crippen LogP contribution in [0.5, 0.6) is 0 Å². The Kier molecular flexibility index (Phi) is 6.56. The topological polar surface area (TPSA) is 76.0 Å². The van der Waals surface area contributed by atoms with Crippen molar-refractivity contribution in [2.24, 2.45) is 0 Å². The van der Waals surface area contributed by atoms with Crippen LogP contribution in [0.25, 0.3) is 0 Å². The molecular formula is C11H13F3O5S. The van der Waals surface area contributed by atoms with Crippen LogP contribution in [0.4, 0.5) is 13.2 Å². The summed E-state index contributed by atoms with van der Waals surface area (Å²) < 4.78 is 65.0. The summed E-state index contributed by atoms with van der Waals surface area (Å²) in [4.78, 5) is 0. The molecule has 0 aliphatic rings. The van der Waals surface area contributed by atoms with Gasteiger partial charge in [0.1, 0.15) is 6.10 Å². The summed E-state index contributed by atoms with van der Waals surface area (Å²) in [5, 5.41) is 9.02. The third kappa shape index (κ3) is 5.97. The monoisotopic (exact) mass is 314 g/mol. The zero-order valence-corrected chi connectivity index (χ0v) is 10.9. The van der Waals surface area contributed by atoms with Crippen LogP contribution in [0.3, 0.4) is 0 Å². The Morgan fingerprint density at radius 1 is 1.25 bits per heavy atom. The highest BCUT2D eigenvalue weighted by Gasteiger charge is 2.45. The van der Waals surface area contributed by atoms with Gasteiger partial charge in [0.2, 0.25) is 0 Å². The molecule has 3 atom stereocenters. The minimum atomic E-state index is -4.97. The zero-order valence-electron chi connectivity index (χ0n) is 10.1. The number of halogens is 3. The quantitative estimate of drug-likeness (QED) is 0.749. The van der Waals surface area contributed by atoms with Gasteiger partial charge in [0, 0.05) is 0 Å². The van der Waals surface area contributed by atoms with Crippen LogP contribution in [-0.2, 0) is 26.9 Å². The highest BCUT2D eigenvalue weighted by atomic mass is 32.2. The number of rotatable bonds is 7. The van der Waals surface area contributed by atoms with Crippen LogP contribution < -0.4 is 0 Å². The zero-order chi connectivity index (χ0) is 15.2. The van der Waals surface area contributed by atoms with Gasteiger partial charge in [-0.05, 0) is 5.56 Å². The lowest BCUT2D eigenvalue weighted by molar-refractivity contribution is -0.231. The molecule has 0 amide bonds. The number of benzene rings is 1. The SMILES string of the molecule is O=S(O)O[C@H](COCc1ccccc1)[C@H](O)C(F)(F)F. The molecule has 20 heavy (non-hydrogen) atoms. The van der Waals surface area contributed by atoms with Crippen molar-refractivity contribution in [3.63, 3.8) is 0 Å². The van der Waals surface area contributed by atoms with Gasteiger partial charge < -0.3 is 9.84 Å². The first-order chi connectivity index (χ1) is 9.30. The fourth-order valence-electron chi connectivity index (χ4n) is 1.36. The largest absolute Gasteiger partial charge is 0.417 e. The summed E-state index contributed by atoms with van der Waals surface area (Å²) in [6, 6.07) is 8.60. The summed E-state index contributed by atoms with van der Waals surface area (Å²) in [7, 11) is 0. The molecule has 0 aliphatic carbocycles. The van der Waals surface area contributed by atoms with E-state index in [1.807, 2.05) is 0 Å². The van der Waals surface area contributed by atoms with Gasteiger partial charge in [0.25, 0.3) is 0 Å². The van der Waals surface area contributed by atoms with Gasteiger partial charge in [-0.2, -0.15) is 17.4 Å². The molecule has 1 rings (SSSR count). The average Bonchev–Trinajstić information content (AvgIpc) is 2.36. The Hall–Kier alpha value is -1.00. The number of hydrogen-bond donors (Lipinski definition) is 2. The van der Waals surface area contributed by atoms with E-state index in [2.05, 4.69) is 4.18 Å². The molecule has 0 bridgehead atoms. The number of ether oxygens (including phenoxy) is 1. The summed E-state index contributed by atoms with van der Waals surface area (Å²) in [5.41, 5.74) is 0.706. The normalized spacial score (nSPS) is 16.6. The van der Waals surface area contributed by atoms with Crippen LogP contribution in [0.2, 0.25) is 0 Å². The van der Waals surface area contributed by atoms with E-state index in [4.69, 9.17) is 14.4 Å². The fourth-order valence-corrected chi connectivity index (χ4v) is 1.73. The lowest BCUT2D eigenvalue weighted by Crippen LogP contribution is -2.44. The highest BCUT2D eigenvalue weighted by Crippen LogP contribution is 2.24. The summed E-state index contributed by atoms with van der Waals surface area (Å²) in [5.74, 6) is 0. The van der Waals surface area contributed by atoms with Gasteiger partial charge in [0.05, 0.1) is 13.2 Å². The minimum Gasteiger partial charge on any atom is -0.381 e. The van der Waals surface area contributed by atoms with Crippen LogP contribution in [0.15, 0.2) is 30.3 Å². The van der Waals surface area contributed by atoms with Crippen molar-refractivity contribution in [3.8, 4) is 0 Å². The molecule has 1 unspecified atom stereocenters. The molecular weight excluding hydrogens is 301 g/mol. The second-order valence-electron chi connectivity index (χ2n) is 3.84. The van der Waals surface area contributed by atoms with E-state index in [0.29, 0.717) is 5.56 Å². The van der Waals surface area contributed by atoms with Gasteiger partial charge in [-0.25, -0.2) is 0 Å². The molecule has 0 spiro atoms. The molecule has 2 N–H and O–H groups in total. The molecule has 0 radical (unpaired) electrons. The predicted molar refractivity (Wildman–Crippen MR) is 63.8 cm³/mol. The summed E-state index contributed by atoms with van der Waals surface area (Å²) in [6.07, 6.45) is -9.86. The van der Waals surface area contributed by atoms with Gasteiger partial charge >= 0.3 is 17.5 Å². The standard InChI is InChI=1S/C11H13F3O5S/c12-11(13,14)10(15)9(19-20(16)17)7-18-6-8-4-2-1-3-5-8/h1-5,9-10,15H,6-7H2,(H,16,17)/t9-,10+/m1/s1. The second-order valence-corrected chi connectivity index (χ2v) is 4.47. The average molecular weight is 314 g/mol. The molecule has 1 aromatic rings. The second kappa shape index (κ2) is 7.70. The predicted octanol–water partition coefficient (Wildman–Crippen LogP) is 1.65. The lowest BCUT2D eigenvalue weighted by atomic mass is 10.2. The van der Waals surface area contributed by atoms with Crippen molar-refractivity contribution >= 4 is 11.4 Å². The van der Waals surface area contributed by atoms with Crippen LogP contribution in [0, 0.1) is 0 Å². The van der Waals surface area contributed by atoms with E-state index in [1.54, 1.807) is 30.3 Å². The minimum absolute atomic E-state index is 0.0106. The van der Waals surface area contributed by atoms with Crippen molar-refractivity contribution in [1.29, 1.82) is 0 Å². The molecule has 0 fully saturated rings. The third-order valence-corrected chi connectivity index (χ3v) is 2.70. The maximum atomic E-state index is 12.3. The first-order valence-corrected chi connectivity index (χ1v) is 6.48. The maximum absolute atomic E-state index is 12.3. The van der Waals surface area contributed by atoms with E-state index >= 15 is 0 Å². The Morgan fingerprint density at radius 3 is 2.35 bits per heavy atom. The summed E-state index contributed by atoms with van der Waals surface area (Å²) in [6.45, 7) is -0.689. The fraction of sp³-hybridized carbons (Fsp3) is 0.455. The smallest absolute Gasteiger partial charge is 0.381 e. The molecule has 1 aromatic carbocycles. The Balaban J connectivity index is 2.55. The molecule has 5 nitrogen and oxygen atoms in total. The molecule has 0 saturated heterocycles. The molecule has 9 heteroatoms. The molecule has 0 aliphatic heterocycles. The van der Waals surface area contributed by atoms with Crippen LogP contribution >= 0.6 is 0 Å². The summed E-state index contributed by atoms with van der Waals surface area (Å²) >= 11 is -2.94. The van der Waals surface area contributed by atoms with Crippen molar-refractivity contribution in [3.05, 3.63) is 35.9 Å². The number of hydrogen-bond acceptors (Lipinski definition) is 4. The van der Waals surface area contributed by atoms with Gasteiger partial charge in [-0.3, -0.25) is 8.74 Å². The Bertz CT molecular complexity index is 426. The van der Waals surface area contributed by atoms with E-state index < -0.39 is 36.4 Å². The molecule has 0 aromatic heterocycles. The number of alkyl halides is 3. The van der Waals surface area contributed by atoms with E-state index in [-0.39, 0.29) is 6.61 Å². The van der Waals surface area contributed by atoms with Crippen molar-refractivity contribution in [2.75, 3.05) is 6.61 Å². The molecule has 0 saturated carbocycles. The first-order valence-electron chi connectivity index (χ1n) is 5.45. The van der Waals surface area contributed by atoms with E-state index in [1.165, 1.54) is 0 Å². The van der Waals surface area contributed by atoms with E-state index in [9.17, 15) is 17.4 Å².